The van der Waals surface area contributed by atoms with E-state index in [1.807, 2.05) is 37.9 Å². The highest BCUT2D eigenvalue weighted by atomic mass is 16.2. The number of fused-ring (bicyclic) bond motifs is 1. The maximum atomic E-state index is 13.1. The molecule has 2 aromatic rings. The van der Waals surface area contributed by atoms with E-state index < -0.39 is 5.54 Å². The van der Waals surface area contributed by atoms with Crippen molar-refractivity contribution in [2.24, 2.45) is 7.05 Å². The second-order valence-electron chi connectivity index (χ2n) is 7.21. The first-order valence-corrected chi connectivity index (χ1v) is 8.59. The maximum Gasteiger partial charge on any atom is 0.275 e. The number of carbonyl (C=O) groups excluding carboxylic acids is 2. The zero-order valence-electron chi connectivity index (χ0n) is 14.8. The van der Waals surface area contributed by atoms with Crippen molar-refractivity contribution in [1.82, 2.24) is 19.6 Å². The summed E-state index contributed by atoms with van der Waals surface area (Å²) in [5.74, 6) is -0.140. The van der Waals surface area contributed by atoms with E-state index in [1.54, 1.807) is 15.6 Å². The third-order valence-electron chi connectivity index (χ3n) is 5.58. The van der Waals surface area contributed by atoms with Crippen LogP contribution in [0.5, 0.6) is 0 Å². The lowest BCUT2D eigenvalue weighted by Crippen LogP contribution is -2.67. The van der Waals surface area contributed by atoms with Crippen molar-refractivity contribution >= 4 is 11.8 Å². The van der Waals surface area contributed by atoms with Gasteiger partial charge in [-0.3, -0.25) is 14.3 Å². The van der Waals surface area contributed by atoms with E-state index in [2.05, 4.69) is 17.2 Å². The number of likely N-dealkylation sites (tertiary alicyclic amines) is 1. The normalized spacial score (nSPS) is 21.9. The minimum absolute atomic E-state index is 0.0240. The van der Waals surface area contributed by atoms with Gasteiger partial charge in [0.15, 0.2) is 5.69 Å². The summed E-state index contributed by atoms with van der Waals surface area (Å²) < 4.78 is 1.68. The smallest absolute Gasteiger partial charge is 0.275 e. The summed E-state index contributed by atoms with van der Waals surface area (Å²) in [6, 6.07) is 9.89. The van der Waals surface area contributed by atoms with E-state index in [4.69, 9.17) is 0 Å². The number of carbonyl (C=O) groups is 2. The van der Waals surface area contributed by atoms with Crippen LogP contribution in [0.25, 0.3) is 0 Å². The molecule has 6 heteroatoms. The molecule has 25 heavy (non-hydrogen) atoms. The summed E-state index contributed by atoms with van der Waals surface area (Å²) in [6.07, 6.45) is 0.691. The summed E-state index contributed by atoms with van der Waals surface area (Å²) >= 11 is 0. The summed E-state index contributed by atoms with van der Waals surface area (Å²) in [5.41, 5.74) is 2.94. The van der Waals surface area contributed by atoms with E-state index in [0.29, 0.717) is 31.7 Å². The first-order chi connectivity index (χ1) is 11.9. The Morgan fingerprint density at radius 2 is 1.80 bits per heavy atom. The van der Waals surface area contributed by atoms with Gasteiger partial charge in [0.05, 0.1) is 0 Å². The van der Waals surface area contributed by atoms with Gasteiger partial charge >= 0.3 is 0 Å². The number of hydrogen-bond acceptors (Lipinski definition) is 3. The first-order valence-electron chi connectivity index (χ1n) is 8.59. The Morgan fingerprint density at radius 3 is 2.28 bits per heavy atom. The molecule has 0 N–H and O–H groups in total. The van der Waals surface area contributed by atoms with E-state index in [9.17, 15) is 9.59 Å². The predicted octanol–water partition coefficient (Wildman–Crippen LogP) is 1.88. The highest BCUT2D eigenvalue weighted by Gasteiger charge is 2.52. The summed E-state index contributed by atoms with van der Waals surface area (Å²) in [7, 11) is 1.81. The zero-order chi connectivity index (χ0) is 17.8. The van der Waals surface area contributed by atoms with Crippen molar-refractivity contribution in [3.05, 3.63) is 52.8 Å². The van der Waals surface area contributed by atoms with Gasteiger partial charge in [-0.25, -0.2) is 0 Å². The van der Waals surface area contributed by atoms with Gasteiger partial charge in [-0.1, -0.05) is 24.3 Å². The van der Waals surface area contributed by atoms with Gasteiger partial charge in [0.2, 0.25) is 5.91 Å². The van der Waals surface area contributed by atoms with Crippen molar-refractivity contribution in [2.75, 3.05) is 6.54 Å². The molecule has 1 fully saturated rings. The van der Waals surface area contributed by atoms with Crippen LogP contribution in [0.3, 0.4) is 0 Å². The Morgan fingerprint density at radius 1 is 1.16 bits per heavy atom. The van der Waals surface area contributed by atoms with Gasteiger partial charge in [0.1, 0.15) is 5.54 Å². The van der Waals surface area contributed by atoms with Gasteiger partial charge in [0.25, 0.3) is 5.91 Å². The number of aryl methyl sites for hydroxylation is 2. The molecule has 1 aromatic heterocycles. The van der Waals surface area contributed by atoms with Gasteiger partial charge < -0.3 is 9.80 Å². The van der Waals surface area contributed by atoms with Gasteiger partial charge in [-0.05, 0) is 37.5 Å². The van der Waals surface area contributed by atoms with Crippen molar-refractivity contribution < 1.29 is 9.59 Å². The topological polar surface area (TPSA) is 58.4 Å². The molecule has 2 aliphatic heterocycles. The lowest BCUT2D eigenvalue weighted by molar-refractivity contribution is -0.149. The Hall–Kier alpha value is -2.63. The zero-order valence-corrected chi connectivity index (χ0v) is 14.8. The molecule has 0 radical (unpaired) electrons. The molecule has 0 spiro atoms. The largest absolute Gasteiger partial charge is 0.332 e. The van der Waals surface area contributed by atoms with E-state index in [0.717, 1.165) is 5.69 Å². The molecular weight excluding hydrogens is 316 g/mol. The SMILES string of the molecule is Cc1cc(C(=O)N2CCC2(C)C(=O)N2Cc3ccccc3C2)nn1C. The van der Waals surface area contributed by atoms with Crippen LogP contribution in [-0.4, -0.2) is 43.5 Å². The maximum absolute atomic E-state index is 13.1. The van der Waals surface area contributed by atoms with Crippen LogP contribution in [0.4, 0.5) is 0 Å². The number of hydrogen-bond donors (Lipinski definition) is 0. The van der Waals surface area contributed by atoms with Gasteiger partial charge in [-0.15, -0.1) is 0 Å². The fraction of sp³-hybridized carbons (Fsp3) is 0.421. The average molecular weight is 338 g/mol. The lowest BCUT2D eigenvalue weighted by Gasteiger charge is -2.50. The summed E-state index contributed by atoms with van der Waals surface area (Å²) in [4.78, 5) is 29.5. The molecule has 0 bridgehead atoms. The Bertz CT molecular complexity index is 828. The molecule has 130 valence electrons. The number of rotatable bonds is 2. The van der Waals surface area contributed by atoms with E-state index in [-0.39, 0.29) is 11.8 Å². The van der Waals surface area contributed by atoms with Gasteiger partial charge in [0, 0.05) is 32.4 Å². The van der Waals surface area contributed by atoms with Crippen LogP contribution in [-0.2, 0) is 24.9 Å². The van der Waals surface area contributed by atoms with Crippen molar-refractivity contribution in [2.45, 2.75) is 38.9 Å². The molecule has 2 amide bonds. The third-order valence-corrected chi connectivity index (χ3v) is 5.58. The fourth-order valence-corrected chi connectivity index (χ4v) is 3.73. The Balaban J connectivity index is 1.54. The minimum atomic E-state index is -0.773. The molecule has 1 saturated heterocycles. The van der Waals surface area contributed by atoms with Crippen LogP contribution in [0.2, 0.25) is 0 Å². The monoisotopic (exact) mass is 338 g/mol. The van der Waals surface area contributed by atoms with Crippen molar-refractivity contribution in [3.63, 3.8) is 0 Å². The Labute approximate surface area is 147 Å². The summed E-state index contributed by atoms with van der Waals surface area (Å²) in [5, 5.41) is 4.27. The second kappa shape index (κ2) is 5.44. The second-order valence-corrected chi connectivity index (χ2v) is 7.21. The van der Waals surface area contributed by atoms with Crippen LogP contribution in [0, 0.1) is 6.92 Å². The molecule has 2 aliphatic rings. The first kappa shape index (κ1) is 15.9. The van der Waals surface area contributed by atoms with Gasteiger partial charge in [-0.2, -0.15) is 5.10 Å². The minimum Gasteiger partial charge on any atom is -0.332 e. The van der Waals surface area contributed by atoms with Crippen LogP contribution in [0.15, 0.2) is 30.3 Å². The van der Waals surface area contributed by atoms with Crippen LogP contribution < -0.4 is 0 Å². The molecule has 4 rings (SSSR count). The third kappa shape index (κ3) is 2.35. The van der Waals surface area contributed by atoms with Crippen LogP contribution in [0.1, 0.15) is 40.7 Å². The molecular formula is C19H22N4O2. The molecule has 0 saturated carbocycles. The predicted molar refractivity (Wildman–Crippen MR) is 92.7 cm³/mol. The molecule has 3 heterocycles. The quantitative estimate of drug-likeness (QED) is 0.840. The van der Waals surface area contributed by atoms with Crippen LogP contribution >= 0.6 is 0 Å². The molecule has 1 aromatic carbocycles. The number of aromatic nitrogens is 2. The molecule has 1 atom stereocenters. The highest BCUT2D eigenvalue weighted by Crippen LogP contribution is 2.36. The van der Waals surface area contributed by atoms with Crippen molar-refractivity contribution in [3.8, 4) is 0 Å². The molecule has 0 aliphatic carbocycles. The Kier molecular flexibility index (Phi) is 3.45. The highest BCUT2D eigenvalue weighted by molar-refractivity contribution is 5.99. The fourth-order valence-electron chi connectivity index (χ4n) is 3.73. The van der Waals surface area contributed by atoms with Crippen molar-refractivity contribution in [1.29, 1.82) is 0 Å². The molecule has 1 unspecified atom stereocenters. The number of nitrogens with zero attached hydrogens (tertiary/aromatic N) is 4. The summed E-state index contributed by atoms with van der Waals surface area (Å²) in [6.45, 7) is 5.61. The number of amides is 2. The van der Waals surface area contributed by atoms with E-state index in [1.165, 1.54) is 11.1 Å². The average Bonchev–Trinajstić information content (AvgIpc) is 3.16. The van der Waals surface area contributed by atoms with E-state index >= 15 is 0 Å². The lowest BCUT2D eigenvalue weighted by atomic mass is 9.84. The number of benzene rings is 1. The standard InChI is InChI=1S/C19H22N4O2/c1-13-10-16(20-21(13)3)17(24)23-9-8-19(23,2)18(25)22-11-14-6-4-5-7-15(14)12-22/h4-7,10H,8-9,11-12H2,1-3H3. The molecule has 6 nitrogen and oxygen atoms in total.